The first-order valence-electron chi connectivity index (χ1n) is 11.1. The Morgan fingerprint density at radius 3 is 2.83 bits per heavy atom. The van der Waals surface area contributed by atoms with Gasteiger partial charge in [0.2, 0.25) is 12.7 Å². The van der Waals surface area contributed by atoms with E-state index in [1.165, 1.54) is 23.1 Å². The molecule has 0 aliphatic carbocycles. The Morgan fingerprint density at radius 2 is 2.00 bits per heavy atom. The summed E-state index contributed by atoms with van der Waals surface area (Å²) < 4.78 is 11.2. The Morgan fingerprint density at radius 1 is 1.19 bits per heavy atom. The Labute approximate surface area is 226 Å². The van der Waals surface area contributed by atoms with Gasteiger partial charge in [-0.2, -0.15) is 0 Å². The van der Waals surface area contributed by atoms with Crippen LogP contribution in [0.25, 0.3) is 6.08 Å². The Balaban J connectivity index is 1.10. The Bertz CT molecular complexity index is 1360. The molecule has 2 aromatic carbocycles. The lowest BCUT2D eigenvalue weighted by atomic mass is 10.1. The summed E-state index contributed by atoms with van der Waals surface area (Å²) in [6.07, 6.45) is 5.02. The van der Waals surface area contributed by atoms with Gasteiger partial charge in [0.15, 0.2) is 16.6 Å². The van der Waals surface area contributed by atoms with E-state index < -0.39 is 0 Å². The minimum Gasteiger partial charge on any atom is -0.454 e. The molecule has 11 heteroatoms. The SMILES string of the molecule is O=C(CCCN1C(=O)/C(=C/c2ccc3c(c2)OCO3)SC1=S)Nc1ncc(Cc2ccc(Cl)cc2)s1. The van der Waals surface area contributed by atoms with Gasteiger partial charge in [0.1, 0.15) is 4.32 Å². The predicted octanol–water partition coefficient (Wildman–Crippen LogP) is 5.74. The largest absolute Gasteiger partial charge is 0.454 e. The molecule has 1 fully saturated rings. The van der Waals surface area contributed by atoms with Gasteiger partial charge in [-0.25, -0.2) is 4.98 Å². The van der Waals surface area contributed by atoms with Gasteiger partial charge >= 0.3 is 0 Å². The molecule has 1 N–H and O–H groups in total. The molecule has 0 spiro atoms. The maximum atomic E-state index is 12.9. The van der Waals surface area contributed by atoms with Gasteiger partial charge in [-0.15, -0.1) is 11.3 Å². The number of amides is 2. The number of benzene rings is 2. The summed E-state index contributed by atoms with van der Waals surface area (Å²) >= 11 is 14.0. The number of anilines is 1. The van der Waals surface area contributed by atoms with E-state index in [4.69, 9.17) is 33.3 Å². The van der Waals surface area contributed by atoms with E-state index in [1.807, 2.05) is 42.5 Å². The fraction of sp³-hybridized carbons (Fsp3) is 0.200. The number of fused-ring (bicyclic) bond motifs is 1. The molecule has 0 atom stereocenters. The number of thiazole rings is 1. The topological polar surface area (TPSA) is 80.8 Å². The smallest absolute Gasteiger partial charge is 0.266 e. The molecule has 3 aromatic rings. The highest BCUT2D eigenvalue weighted by molar-refractivity contribution is 8.26. The Kier molecular flexibility index (Phi) is 7.56. The third kappa shape index (κ3) is 5.89. The second-order valence-electron chi connectivity index (χ2n) is 8.03. The van der Waals surface area contributed by atoms with Crippen LogP contribution in [0.3, 0.4) is 0 Å². The monoisotopic (exact) mass is 557 g/mol. The summed E-state index contributed by atoms with van der Waals surface area (Å²) in [6.45, 7) is 0.567. The molecule has 5 rings (SSSR count). The van der Waals surface area contributed by atoms with Crippen molar-refractivity contribution < 1.29 is 19.1 Å². The standard InChI is InChI=1S/C25H20ClN3O4S3/c26-17-6-3-15(4-7-17)10-18-13-27-24(35-18)28-22(30)2-1-9-29-23(31)21(36-25(29)34)12-16-5-8-19-20(11-16)33-14-32-19/h3-8,11-13H,1-2,9-10,14H2,(H,27,28,30)/b21-12-. The number of thiocarbonyl (C=S) groups is 1. The third-order valence-electron chi connectivity index (χ3n) is 5.45. The van der Waals surface area contributed by atoms with Gasteiger partial charge in [-0.1, -0.05) is 53.8 Å². The number of thioether (sulfide) groups is 1. The lowest BCUT2D eigenvalue weighted by Gasteiger charge is -2.13. The minimum atomic E-state index is -0.158. The van der Waals surface area contributed by atoms with Gasteiger partial charge in [0, 0.05) is 35.5 Å². The molecule has 2 aliphatic heterocycles. The average Bonchev–Trinajstić information content (AvgIpc) is 3.56. The second kappa shape index (κ2) is 11.0. The van der Waals surface area contributed by atoms with Crippen LogP contribution < -0.4 is 14.8 Å². The van der Waals surface area contributed by atoms with Crippen LogP contribution in [-0.4, -0.2) is 39.4 Å². The average molecular weight is 558 g/mol. The Hall–Kier alpha value is -2.92. The highest BCUT2D eigenvalue weighted by Crippen LogP contribution is 2.36. The molecule has 3 heterocycles. The van der Waals surface area contributed by atoms with Crippen LogP contribution in [0.4, 0.5) is 5.13 Å². The molecule has 1 aromatic heterocycles. The van der Waals surface area contributed by atoms with Crippen LogP contribution in [0.2, 0.25) is 5.02 Å². The van der Waals surface area contributed by atoms with Crippen LogP contribution in [0, 0.1) is 0 Å². The van der Waals surface area contributed by atoms with Crippen molar-refractivity contribution in [3.05, 3.63) is 74.6 Å². The van der Waals surface area contributed by atoms with Gasteiger partial charge in [-0.3, -0.25) is 14.5 Å². The number of halogens is 1. The summed E-state index contributed by atoms with van der Waals surface area (Å²) in [4.78, 5) is 32.7. The van der Waals surface area contributed by atoms with E-state index in [-0.39, 0.29) is 25.0 Å². The quantitative estimate of drug-likeness (QED) is 0.279. The van der Waals surface area contributed by atoms with E-state index in [0.29, 0.717) is 43.8 Å². The van der Waals surface area contributed by atoms with Crippen LogP contribution in [-0.2, 0) is 16.0 Å². The van der Waals surface area contributed by atoms with E-state index >= 15 is 0 Å². The van der Waals surface area contributed by atoms with Crippen molar-refractivity contribution >= 4 is 74.3 Å². The molecule has 0 saturated carbocycles. The summed E-state index contributed by atoms with van der Waals surface area (Å²) in [7, 11) is 0. The van der Waals surface area contributed by atoms with Crippen molar-refractivity contribution in [2.75, 3.05) is 18.7 Å². The molecule has 2 aliphatic rings. The second-order valence-corrected chi connectivity index (χ2v) is 11.3. The minimum absolute atomic E-state index is 0.149. The third-order valence-corrected chi connectivity index (χ3v) is 7.99. The molecule has 0 radical (unpaired) electrons. The van der Waals surface area contributed by atoms with Crippen molar-refractivity contribution in [2.45, 2.75) is 19.3 Å². The zero-order chi connectivity index (χ0) is 25.1. The van der Waals surface area contributed by atoms with Crippen LogP contribution in [0.1, 0.15) is 28.8 Å². The van der Waals surface area contributed by atoms with Gasteiger partial charge < -0.3 is 14.8 Å². The predicted molar refractivity (Wildman–Crippen MR) is 147 cm³/mol. The zero-order valence-corrected chi connectivity index (χ0v) is 22.1. The highest BCUT2D eigenvalue weighted by atomic mass is 35.5. The van der Waals surface area contributed by atoms with E-state index in [9.17, 15) is 9.59 Å². The number of carbonyl (C=O) groups excluding carboxylic acids is 2. The van der Waals surface area contributed by atoms with Crippen LogP contribution in [0.5, 0.6) is 11.5 Å². The maximum Gasteiger partial charge on any atom is 0.266 e. The number of ether oxygens (including phenoxy) is 2. The van der Waals surface area contributed by atoms with Gasteiger partial charge in [-0.05, 0) is 47.9 Å². The molecule has 36 heavy (non-hydrogen) atoms. The zero-order valence-electron chi connectivity index (χ0n) is 18.9. The molecule has 1 saturated heterocycles. The van der Waals surface area contributed by atoms with E-state index in [2.05, 4.69) is 10.3 Å². The lowest BCUT2D eigenvalue weighted by molar-refractivity contribution is -0.122. The van der Waals surface area contributed by atoms with Crippen molar-refractivity contribution in [2.24, 2.45) is 0 Å². The fourth-order valence-corrected chi connectivity index (χ4v) is 5.97. The van der Waals surface area contributed by atoms with E-state index in [0.717, 1.165) is 22.4 Å². The number of rotatable bonds is 8. The van der Waals surface area contributed by atoms with Crippen LogP contribution >= 0.6 is 46.9 Å². The lowest BCUT2D eigenvalue weighted by Crippen LogP contribution is -2.29. The van der Waals surface area contributed by atoms with Crippen molar-refractivity contribution in [3.8, 4) is 11.5 Å². The first-order chi connectivity index (χ1) is 17.4. The number of carbonyl (C=O) groups is 2. The van der Waals surface area contributed by atoms with Gasteiger partial charge in [0.25, 0.3) is 5.91 Å². The molecule has 2 amide bonds. The number of aromatic nitrogens is 1. The molecular formula is C25H20ClN3O4S3. The number of hydrogen-bond acceptors (Lipinski definition) is 8. The van der Waals surface area contributed by atoms with Crippen molar-refractivity contribution in [1.29, 1.82) is 0 Å². The first kappa shape index (κ1) is 24.8. The molecule has 184 valence electrons. The van der Waals surface area contributed by atoms with Crippen LogP contribution in [0.15, 0.2) is 53.6 Å². The summed E-state index contributed by atoms with van der Waals surface area (Å²) in [5.74, 6) is 1.04. The highest BCUT2D eigenvalue weighted by Gasteiger charge is 2.31. The molecule has 0 bridgehead atoms. The fourth-order valence-electron chi connectivity index (χ4n) is 3.68. The van der Waals surface area contributed by atoms with E-state index in [1.54, 1.807) is 17.2 Å². The van der Waals surface area contributed by atoms with Gasteiger partial charge in [0.05, 0.1) is 4.91 Å². The normalized spacial score (nSPS) is 15.7. The molecule has 0 unspecified atom stereocenters. The molecular weight excluding hydrogens is 538 g/mol. The van der Waals surface area contributed by atoms with Crippen molar-refractivity contribution in [1.82, 2.24) is 9.88 Å². The maximum absolute atomic E-state index is 12.9. The number of nitrogens with one attached hydrogen (secondary N) is 1. The first-order valence-corrected chi connectivity index (χ1v) is 13.5. The number of nitrogens with zero attached hydrogens (tertiary/aromatic N) is 2. The van der Waals surface area contributed by atoms with Crippen molar-refractivity contribution in [3.63, 3.8) is 0 Å². The summed E-state index contributed by atoms with van der Waals surface area (Å²) in [5.41, 5.74) is 1.95. The summed E-state index contributed by atoms with van der Waals surface area (Å²) in [6, 6.07) is 13.2. The summed E-state index contributed by atoms with van der Waals surface area (Å²) in [5, 5.41) is 4.09. The molecule has 7 nitrogen and oxygen atoms in total. The number of hydrogen-bond donors (Lipinski definition) is 1.